The van der Waals surface area contributed by atoms with Gasteiger partial charge >= 0.3 is 11.1 Å². The molecule has 0 amide bonds. The summed E-state index contributed by atoms with van der Waals surface area (Å²) in [5.41, 5.74) is -0.916. The van der Waals surface area contributed by atoms with Gasteiger partial charge in [0.1, 0.15) is 11.6 Å². The summed E-state index contributed by atoms with van der Waals surface area (Å²) in [5.74, 6) is 2.59. The van der Waals surface area contributed by atoms with Crippen molar-refractivity contribution in [3.63, 3.8) is 0 Å². The summed E-state index contributed by atoms with van der Waals surface area (Å²) in [7, 11) is 0. The molecule has 2 aromatic heterocycles. The Morgan fingerprint density at radius 2 is 2.12 bits per heavy atom. The summed E-state index contributed by atoms with van der Waals surface area (Å²) in [6.45, 7) is 7.74. The van der Waals surface area contributed by atoms with Crippen LogP contribution in [0.5, 0.6) is 0 Å². The number of aromatic nitrogens is 3. The first-order chi connectivity index (χ1) is 12.0. The van der Waals surface area contributed by atoms with Crippen LogP contribution >= 0.6 is 0 Å². The molecule has 25 heavy (non-hydrogen) atoms. The lowest BCUT2D eigenvalue weighted by Gasteiger charge is -2.33. The Morgan fingerprint density at radius 1 is 1.28 bits per heavy atom. The molecular weight excluding hydrogens is 320 g/mol. The minimum absolute atomic E-state index is 0.204. The summed E-state index contributed by atoms with van der Waals surface area (Å²) < 4.78 is 8.44. The molecular formula is C18H24N4O3. The quantitative estimate of drug-likeness (QED) is 0.781. The maximum Gasteiger partial charge on any atom is 0.332 e. The van der Waals surface area contributed by atoms with Crippen LogP contribution in [-0.2, 0) is 19.6 Å². The zero-order chi connectivity index (χ0) is 17.6. The van der Waals surface area contributed by atoms with E-state index < -0.39 is 11.1 Å². The summed E-state index contributed by atoms with van der Waals surface area (Å²) >= 11 is 0. The highest BCUT2D eigenvalue weighted by Crippen LogP contribution is 2.37. The molecule has 1 fully saturated rings. The molecule has 0 aromatic carbocycles. The molecule has 7 nitrogen and oxygen atoms in total. The second-order valence-corrected chi connectivity index (χ2v) is 7.62. The zero-order valence-electron chi connectivity index (χ0n) is 14.7. The van der Waals surface area contributed by atoms with Crippen LogP contribution in [-0.4, -0.2) is 32.3 Å². The first-order valence-electron chi connectivity index (χ1n) is 8.99. The Hall–Kier alpha value is -2.15. The van der Waals surface area contributed by atoms with E-state index in [4.69, 9.17) is 4.42 Å². The van der Waals surface area contributed by atoms with Crippen LogP contribution in [0.15, 0.2) is 32.4 Å². The standard InChI is InChI=1S/C18H24N4O3/c1-12(2)8-22-18(24)17(23)21-9-13-5-6-20(10-14-4-3-7-25-14)11-15(13)16(21)19-22/h3-4,7,12-13,15H,5-6,8-11H2,1-2H3/t13-,15+/m0/s1. The van der Waals surface area contributed by atoms with Crippen molar-refractivity contribution in [3.8, 4) is 0 Å². The monoisotopic (exact) mass is 344 g/mol. The van der Waals surface area contributed by atoms with Gasteiger partial charge in [0.15, 0.2) is 0 Å². The molecule has 0 saturated carbocycles. The van der Waals surface area contributed by atoms with Crippen molar-refractivity contribution in [1.29, 1.82) is 0 Å². The fourth-order valence-corrected chi connectivity index (χ4v) is 4.05. The third kappa shape index (κ3) is 2.97. The highest BCUT2D eigenvalue weighted by atomic mass is 16.3. The first-order valence-corrected chi connectivity index (χ1v) is 8.99. The van der Waals surface area contributed by atoms with Crippen molar-refractivity contribution in [2.45, 2.75) is 45.8 Å². The predicted molar refractivity (Wildman–Crippen MR) is 92.4 cm³/mol. The van der Waals surface area contributed by atoms with Crippen LogP contribution in [0.2, 0.25) is 0 Å². The summed E-state index contributed by atoms with van der Waals surface area (Å²) in [5, 5.41) is 4.59. The maximum atomic E-state index is 12.5. The molecule has 0 bridgehead atoms. The fourth-order valence-electron chi connectivity index (χ4n) is 4.05. The number of likely N-dealkylation sites (tertiary alicyclic amines) is 1. The van der Waals surface area contributed by atoms with E-state index in [0.29, 0.717) is 19.0 Å². The molecule has 0 radical (unpaired) electrons. The molecule has 7 heteroatoms. The zero-order valence-corrected chi connectivity index (χ0v) is 14.7. The molecule has 0 N–H and O–H groups in total. The van der Waals surface area contributed by atoms with Crippen LogP contribution in [0.25, 0.3) is 0 Å². The fraction of sp³-hybridized carbons (Fsp3) is 0.611. The van der Waals surface area contributed by atoms with E-state index >= 15 is 0 Å². The van der Waals surface area contributed by atoms with Crippen LogP contribution < -0.4 is 11.1 Å². The van der Waals surface area contributed by atoms with Crippen LogP contribution in [0, 0.1) is 11.8 Å². The van der Waals surface area contributed by atoms with Gasteiger partial charge in [-0.25, -0.2) is 4.68 Å². The van der Waals surface area contributed by atoms with Crippen molar-refractivity contribution in [2.75, 3.05) is 13.1 Å². The van der Waals surface area contributed by atoms with Crippen LogP contribution in [0.4, 0.5) is 0 Å². The number of rotatable bonds is 4. The first kappa shape index (κ1) is 16.3. The highest BCUT2D eigenvalue weighted by molar-refractivity contribution is 5.10. The van der Waals surface area contributed by atoms with Gasteiger partial charge in [-0.05, 0) is 36.9 Å². The summed E-state index contributed by atoms with van der Waals surface area (Å²) in [4.78, 5) is 27.1. The van der Waals surface area contributed by atoms with Gasteiger partial charge in [0, 0.05) is 25.6 Å². The van der Waals surface area contributed by atoms with Gasteiger partial charge in [0.05, 0.1) is 12.8 Å². The smallest absolute Gasteiger partial charge is 0.332 e. The average molecular weight is 344 g/mol. The molecule has 134 valence electrons. The Labute approximate surface area is 145 Å². The molecule has 0 unspecified atom stereocenters. The number of hydrogen-bond acceptors (Lipinski definition) is 5. The Kier molecular flexibility index (Phi) is 4.11. The third-order valence-electron chi connectivity index (χ3n) is 5.25. The van der Waals surface area contributed by atoms with Gasteiger partial charge in [0.25, 0.3) is 0 Å². The summed E-state index contributed by atoms with van der Waals surface area (Å²) in [6.07, 6.45) is 2.70. The molecule has 0 spiro atoms. The van der Waals surface area contributed by atoms with Gasteiger partial charge in [-0.3, -0.25) is 19.1 Å². The number of nitrogens with zero attached hydrogens (tertiary/aromatic N) is 4. The number of hydrogen-bond donors (Lipinski definition) is 0. The second-order valence-electron chi connectivity index (χ2n) is 7.62. The van der Waals surface area contributed by atoms with E-state index in [1.54, 1.807) is 10.8 Å². The molecule has 2 aromatic rings. The predicted octanol–water partition coefficient (Wildman–Crippen LogP) is 1.27. The number of furan rings is 1. The molecule has 2 atom stereocenters. The second kappa shape index (κ2) is 6.29. The van der Waals surface area contributed by atoms with Gasteiger partial charge < -0.3 is 4.42 Å². The van der Waals surface area contributed by atoms with E-state index in [2.05, 4.69) is 10.00 Å². The van der Waals surface area contributed by atoms with Gasteiger partial charge in [-0.1, -0.05) is 13.8 Å². The molecule has 4 heterocycles. The SMILES string of the molecule is CC(C)Cn1nc2n(c(=O)c1=O)C[C@@H]1CCN(Cc3ccco3)C[C@@H]21. The topological polar surface area (TPSA) is 73.3 Å². The normalized spacial score (nSPS) is 23.0. The lowest BCUT2D eigenvalue weighted by molar-refractivity contribution is 0.148. The van der Waals surface area contributed by atoms with Gasteiger partial charge in [-0.15, -0.1) is 0 Å². The van der Waals surface area contributed by atoms with Crippen molar-refractivity contribution in [2.24, 2.45) is 11.8 Å². The molecule has 1 saturated heterocycles. The molecule has 0 aliphatic carbocycles. The van der Waals surface area contributed by atoms with Crippen molar-refractivity contribution in [1.82, 2.24) is 19.2 Å². The van der Waals surface area contributed by atoms with Crippen molar-refractivity contribution >= 4 is 0 Å². The number of piperidine rings is 1. The van der Waals surface area contributed by atoms with E-state index in [9.17, 15) is 9.59 Å². The third-order valence-corrected chi connectivity index (χ3v) is 5.25. The van der Waals surface area contributed by atoms with Crippen LogP contribution in [0.1, 0.15) is 37.8 Å². The average Bonchev–Trinajstić information content (AvgIpc) is 3.20. The van der Waals surface area contributed by atoms with E-state index in [1.807, 2.05) is 26.0 Å². The summed E-state index contributed by atoms with van der Waals surface area (Å²) in [6, 6.07) is 3.89. The van der Waals surface area contributed by atoms with Gasteiger partial charge in [0.2, 0.25) is 0 Å². The van der Waals surface area contributed by atoms with E-state index in [0.717, 1.165) is 37.6 Å². The van der Waals surface area contributed by atoms with Crippen LogP contribution in [0.3, 0.4) is 0 Å². The highest BCUT2D eigenvalue weighted by Gasteiger charge is 2.40. The van der Waals surface area contributed by atoms with Crippen molar-refractivity contribution in [3.05, 3.63) is 50.7 Å². The maximum absolute atomic E-state index is 12.5. The molecule has 2 aliphatic heterocycles. The Bertz CT molecular complexity index is 865. The van der Waals surface area contributed by atoms with E-state index in [1.165, 1.54) is 4.68 Å². The van der Waals surface area contributed by atoms with Gasteiger partial charge in [-0.2, -0.15) is 5.10 Å². The number of fused-ring (bicyclic) bond motifs is 3. The molecule has 2 aliphatic rings. The Balaban J connectivity index is 1.63. The van der Waals surface area contributed by atoms with E-state index in [-0.39, 0.29) is 11.8 Å². The lowest BCUT2D eigenvalue weighted by atomic mass is 9.87. The minimum atomic E-state index is -0.497. The van der Waals surface area contributed by atoms with Crippen molar-refractivity contribution < 1.29 is 4.42 Å². The Morgan fingerprint density at radius 3 is 2.84 bits per heavy atom. The molecule has 4 rings (SSSR count). The largest absolute Gasteiger partial charge is 0.468 e. The minimum Gasteiger partial charge on any atom is -0.468 e. The lowest BCUT2D eigenvalue weighted by Crippen LogP contribution is -2.44.